The lowest BCUT2D eigenvalue weighted by atomic mass is 9.89. The maximum Gasteiger partial charge on any atom is 0.223 e. The van der Waals surface area contributed by atoms with Crippen LogP contribution < -0.4 is 5.32 Å². The molecule has 1 aliphatic carbocycles. The summed E-state index contributed by atoms with van der Waals surface area (Å²) in [5, 5.41) is 2.95. The quantitative estimate of drug-likeness (QED) is 0.807. The van der Waals surface area contributed by atoms with E-state index >= 15 is 0 Å². The molecule has 1 fully saturated rings. The lowest BCUT2D eigenvalue weighted by Gasteiger charge is -2.28. The summed E-state index contributed by atoms with van der Waals surface area (Å²) in [4.78, 5) is 25.5. The first-order chi connectivity index (χ1) is 12.1. The summed E-state index contributed by atoms with van der Waals surface area (Å²) in [5.41, 5.74) is 2.72. The second kappa shape index (κ2) is 8.48. The molecule has 2 atom stereocenters. The molecule has 3 rings (SSSR count). The van der Waals surface area contributed by atoms with Gasteiger partial charge in [-0.25, -0.2) is 0 Å². The summed E-state index contributed by atoms with van der Waals surface area (Å²) in [6.45, 7) is 1.92. The molecular weight excluding hydrogens is 316 g/mol. The summed E-state index contributed by atoms with van der Waals surface area (Å²) in [7, 11) is 1.79. The van der Waals surface area contributed by atoms with Crippen LogP contribution in [0.1, 0.15) is 49.3 Å². The number of rotatable bonds is 6. The van der Waals surface area contributed by atoms with Gasteiger partial charge in [0.05, 0.1) is 6.10 Å². The van der Waals surface area contributed by atoms with Crippen LogP contribution in [0.15, 0.2) is 24.3 Å². The van der Waals surface area contributed by atoms with Gasteiger partial charge in [-0.15, -0.1) is 0 Å². The summed E-state index contributed by atoms with van der Waals surface area (Å²) in [5.74, 6) is -0.106. The van der Waals surface area contributed by atoms with Gasteiger partial charge in [-0.1, -0.05) is 24.3 Å². The van der Waals surface area contributed by atoms with E-state index in [2.05, 4.69) is 29.6 Å². The van der Waals surface area contributed by atoms with E-state index in [1.165, 1.54) is 17.5 Å². The molecule has 0 spiro atoms. The summed E-state index contributed by atoms with van der Waals surface area (Å²) >= 11 is 0. The number of piperidine rings is 1. The predicted molar refractivity (Wildman–Crippen MR) is 96.1 cm³/mol. The largest absolute Gasteiger partial charge is 0.373 e. The first-order valence-electron chi connectivity index (χ1n) is 9.36. The van der Waals surface area contributed by atoms with Crippen LogP contribution in [0.3, 0.4) is 0 Å². The topological polar surface area (TPSA) is 58.6 Å². The number of hydrogen-bond donors (Lipinski definition) is 1. The fourth-order valence-electron chi connectivity index (χ4n) is 3.70. The first kappa shape index (κ1) is 17.9. The lowest BCUT2D eigenvalue weighted by Crippen LogP contribution is -2.42. The Morgan fingerprint density at radius 3 is 3.00 bits per heavy atom. The van der Waals surface area contributed by atoms with E-state index in [-0.39, 0.29) is 23.8 Å². The Bertz CT molecular complexity index is 617. The van der Waals surface area contributed by atoms with Crippen molar-refractivity contribution in [2.75, 3.05) is 26.7 Å². The van der Waals surface area contributed by atoms with Crippen molar-refractivity contribution in [3.05, 3.63) is 35.4 Å². The van der Waals surface area contributed by atoms with Crippen molar-refractivity contribution in [1.29, 1.82) is 0 Å². The van der Waals surface area contributed by atoms with Crippen molar-refractivity contribution in [3.63, 3.8) is 0 Å². The van der Waals surface area contributed by atoms with E-state index in [1.807, 2.05) is 0 Å². The number of fused-ring (bicyclic) bond motifs is 1. The van der Waals surface area contributed by atoms with Crippen molar-refractivity contribution in [3.8, 4) is 0 Å². The maximum atomic E-state index is 12.2. The number of aryl methyl sites for hydroxylation is 1. The number of benzene rings is 1. The Morgan fingerprint density at radius 1 is 1.32 bits per heavy atom. The minimum absolute atomic E-state index is 0.00413. The van der Waals surface area contributed by atoms with Gasteiger partial charge in [0.25, 0.3) is 0 Å². The highest BCUT2D eigenvalue weighted by atomic mass is 16.5. The molecule has 0 bridgehead atoms. The molecule has 0 radical (unpaired) electrons. The molecule has 5 heteroatoms. The molecule has 1 aromatic rings. The van der Waals surface area contributed by atoms with Crippen molar-refractivity contribution in [2.45, 2.75) is 44.6 Å². The average molecular weight is 344 g/mol. The summed E-state index contributed by atoms with van der Waals surface area (Å²) in [6, 6.07) is 8.51. The Morgan fingerprint density at radius 2 is 2.16 bits per heavy atom. The molecule has 0 aromatic heterocycles. The molecule has 1 aliphatic heterocycles. The van der Waals surface area contributed by atoms with E-state index in [0.717, 1.165) is 25.7 Å². The molecule has 2 aliphatic rings. The van der Waals surface area contributed by atoms with Gasteiger partial charge in [0, 0.05) is 39.1 Å². The number of ether oxygens (including phenoxy) is 1. The zero-order valence-corrected chi connectivity index (χ0v) is 15.0. The zero-order valence-electron chi connectivity index (χ0n) is 15.0. The second-order valence-corrected chi connectivity index (χ2v) is 7.10. The number of likely N-dealkylation sites (tertiary alicyclic amines) is 1. The Hall–Kier alpha value is -1.88. The average Bonchev–Trinajstić information content (AvgIpc) is 2.63. The smallest absolute Gasteiger partial charge is 0.223 e. The summed E-state index contributed by atoms with van der Waals surface area (Å²) in [6.07, 6.45) is 5.45. The third-order valence-corrected chi connectivity index (χ3v) is 5.28. The monoisotopic (exact) mass is 344 g/mol. The van der Waals surface area contributed by atoms with E-state index in [1.54, 1.807) is 11.9 Å². The molecule has 136 valence electrons. The van der Waals surface area contributed by atoms with Crippen molar-refractivity contribution < 1.29 is 14.3 Å². The minimum atomic E-state index is -0.171. The number of nitrogens with one attached hydrogen (secondary N) is 1. The summed E-state index contributed by atoms with van der Waals surface area (Å²) < 4.78 is 6.06. The van der Waals surface area contributed by atoms with Crippen LogP contribution in [-0.4, -0.2) is 43.5 Å². The van der Waals surface area contributed by atoms with Gasteiger partial charge >= 0.3 is 0 Å². The normalized spacial score (nSPS) is 23.2. The maximum absolute atomic E-state index is 12.2. The van der Waals surface area contributed by atoms with E-state index < -0.39 is 0 Å². The standard InChI is InChI=1S/C20H28N2O3/c1-22-12-10-16(14-19(22)23)20(24)21-11-5-13-25-18-9-4-7-15-6-2-3-8-17(15)18/h2-3,6,8,16,18H,4-5,7,9-14H2,1H3,(H,21,24)/t16-,18-/m1/s1. The molecule has 5 nitrogen and oxygen atoms in total. The van der Waals surface area contributed by atoms with Gasteiger partial charge in [-0.3, -0.25) is 9.59 Å². The van der Waals surface area contributed by atoms with Crippen LogP contribution in [0.4, 0.5) is 0 Å². The highest BCUT2D eigenvalue weighted by Crippen LogP contribution is 2.32. The highest BCUT2D eigenvalue weighted by Gasteiger charge is 2.28. The van der Waals surface area contributed by atoms with Gasteiger partial charge in [-0.2, -0.15) is 0 Å². The predicted octanol–water partition coefficient (Wildman–Crippen LogP) is 2.46. The van der Waals surface area contributed by atoms with Crippen LogP contribution in [0.5, 0.6) is 0 Å². The van der Waals surface area contributed by atoms with Gasteiger partial charge in [0.15, 0.2) is 0 Å². The lowest BCUT2D eigenvalue weighted by molar-refractivity contribution is -0.139. The molecule has 0 unspecified atom stereocenters. The Kier molecular flexibility index (Phi) is 6.08. The van der Waals surface area contributed by atoms with Crippen LogP contribution in [0, 0.1) is 5.92 Å². The number of hydrogen-bond acceptors (Lipinski definition) is 3. The third kappa shape index (κ3) is 4.60. The molecule has 0 saturated carbocycles. The SMILES string of the molecule is CN1CC[C@@H](C(=O)NCCCO[C@@H]2CCCc3ccccc32)CC1=O. The fourth-order valence-corrected chi connectivity index (χ4v) is 3.70. The van der Waals surface area contributed by atoms with Crippen LogP contribution in [0.25, 0.3) is 0 Å². The van der Waals surface area contributed by atoms with Crippen molar-refractivity contribution >= 4 is 11.8 Å². The molecule has 2 amide bonds. The fraction of sp³-hybridized carbons (Fsp3) is 0.600. The van der Waals surface area contributed by atoms with Crippen LogP contribution in [-0.2, 0) is 20.7 Å². The number of carbonyl (C=O) groups excluding carboxylic acids is 2. The van der Waals surface area contributed by atoms with Crippen molar-refractivity contribution in [1.82, 2.24) is 10.2 Å². The van der Waals surface area contributed by atoms with Crippen LogP contribution >= 0.6 is 0 Å². The third-order valence-electron chi connectivity index (χ3n) is 5.28. The van der Waals surface area contributed by atoms with Gasteiger partial charge in [-0.05, 0) is 43.2 Å². The first-order valence-corrected chi connectivity index (χ1v) is 9.36. The van der Waals surface area contributed by atoms with Gasteiger partial charge in [0.2, 0.25) is 11.8 Å². The Balaban J connectivity index is 1.36. The van der Waals surface area contributed by atoms with Gasteiger partial charge in [0.1, 0.15) is 0 Å². The van der Waals surface area contributed by atoms with E-state index in [9.17, 15) is 9.59 Å². The molecule has 25 heavy (non-hydrogen) atoms. The second-order valence-electron chi connectivity index (χ2n) is 7.10. The van der Waals surface area contributed by atoms with E-state index in [0.29, 0.717) is 26.1 Å². The number of amides is 2. The highest BCUT2D eigenvalue weighted by molar-refractivity contribution is 5.86. The minimum Gasteiger partial charge on any atom is -0.373 e. The molecule has 1 N–H and O–H groups in total. The molecule has 1 aromatic carbocycles. The zero-order chi connectivity index (χ0) is 17.6. The molecular formula is C20H28N2O3. The van der Waals surface area contributed by atoms with E-state index in [4.69, 9.17) is 4.74 Å². The van der Waals surface area contributed by atoms with Crippen LogP contribution in [0.2, 0.25) is 0 Å². The Labute approximate surface area is 149 Å². The molecule has 1 saturated heterocycles. The number of carbonyl (C=O) groups is 2. The van der Waals surface area contributed by atoms with Gasteiger partial charge < -0.3 is 15.0 Å². The molecule has 1 heterocycles. The number of nitrogens with zero attached hydrogens (tertiary/aromatic N) is 1. The van der Waals surface area contributed by atoms with Crippen molar-refractivity contribution in [2.24, 2.45) is 5.92 Å².